The highest BCUT2D eigenvalue weighted by Crippen LogP contribution is 2.23. The first-order valence-corrected chi connectivity index (χ1v) is 6.56. The molecule has 20 heavy (non-hydrogen) atoms. The predicted octanol–water partition coefficient (Wildman–Crippen LogP) is 1.73. The first-order valence-electron chi connectivity index (χ1n) is 6.56. The molecule has 0 atom stereocenters. The number of carboxylic acids is 1. The fraction of sp³-hybridized carbons (Fsp3) is 0.267. The molecule has 0 saturated heterocycles. The highest BCUT2D eigenvalue weighted by atomic mass is 16.4. The number of hydrogen-bond donors (Lipinski definition) is 1. The lowest BCUT2D eigenvalue weighted by atomic mass is 9.94. The van der Waals surface area contributed by atoms with Gasteiger partial charge >= 0.3 is 5.97 Å². The van der Waals surface area contributed by atoms with Gasteiger partial charge in [0, 0.05) is 25.5 Å². The van der Waals surface area contributed by atoms with Crippen LogP contribution in [0.1, 0.15) is 27.3 Å². The van der Waals surface area contributed by atoms with Crippen LogP contribution in [-0.2, 0) is 19.5 Å². The lowest BCUT2D eigenvalue weighted by molar-refractivity contribution is 0.0694. The Balaban J connectivity index is 1.79. The summed E-state index contributed by atoms with van der Waals surface area (Å²) < 4.78 is 0. The van der Waals surface area contributed by atoms with E-state index >= 15 is 0 Å². The minimum atomic E-state index is -0.846. The summed E-state index contributed by atoms with van der Waals surface area (Å²) in [5.41, 5.74) is 2.48. The molecule has 5 nitrogen and oxygen atoms in total. The first-order chi connectivity index (χ1) is 9.74. The Bertz CT molecular complexity index is 628. The molecule has 0 unspecified atom stereocenters. The summed E-state index contributed by atoms with van der Waals surface area (Å²) in [5, 5.41) is 9.21. The molecule has 2 aromatic rings. The van der Waals surface area contributed by atoms with Crippen molar-refractivity contribution in [1.29, 1.82) is 0 Å². The number of aromatic nitrogens is 2. The summed E-state index contributed by atoms with van der Waals surface area (Å²) >= 11 is 0. The molecule has 0 aliphatic carbocycles. The van der Waals surface area contributed by atoms with Gasteiger partial charge in [-0.15, -0.1) is 0 Å². The van der Waals surface area contributed by atoms with Gasteiger partial charge in [0.1, 0.15) is 5.82 Å². The van der Waals surface area contributed by atoms with Crippen LogP contribution in [0.25, 0.3) is 0 Å². The summed E-state index contributed by atoms with van der Waals surface area (Å²) in [6.07, 6.45) is 4.23. The first kappa shape index (κ1) is 12.7. The van der Waals surface area contributed by atoms with Gasteiger partial charge in [-0.25, -0.2) is 14.8 Å². The van der Waals surface area contributed by atoms with Gasteiger partial charge in [0.05, 0.1) is 12.1 Å². The van der Waals surface area contributed by atoms with Crippen molar-refractivity contribution in [3.8, 4) is 0 Å². The average molecular weight is 269 g/mol. The molecular weight excluding hydrogens is 254 g/mol. The maximum atomic E-state index is 11.2. The molecule has 1 aliphatic rings. The fourth-order valence-corrected chi connectivity index (χ4v) is 2.61. The number of fused-ring (bicyclic) bond motifs is 1. The van der Waals surface area contributed by atoms with Gasteiger partial charge in [-0.2, -0.15) is 0 Å². The number of nitrogens with zero attached hydrogens (tertiary/aromatic N) is 3. The largest absolute Gasteiger partial charge is 0.478 e. The van der Waals surface area contributed by atoms with Gasteiger partial charge in [0.2, 0.25) is 0 Å². The quantitative estimate of drug-likeness (QED) is 0.919. The van der Waals surface area contributed by atoms with E-state index in [0.29, 0.717) is 12.1 Å². The molecule has 0 saturated carbocycles. The van der Waals surface area contributed by atoms with Gasteiger partial charge in [-0.05, 0) is 29.7 Å². The van der Waals surface area contributed by atoms with Crippen LogP contribution >= 0.6 is 0 Å². The Hall–Kier alpha value is -2.27. The molecule has 1 aliphatic heterocycles. The summed E-state index contributed by atoms with van der Waals surface area (Å²) in [6.45, 7) is 2.27. The normalized spacial score (nSPS) is 14.8. The molecule has 102 valence electrons. The molecule has 0 amide bonds. The number of carbonyl (C=O) groups is 1. The van der Waals surface area contributed by atoms with Crippen molar-refractivity contribution in [3.63, 3.8) is 0 Å². The van der Waals surface area contributed by atoms with E-state index in [4.69, 9.17) is 0 Å². The van der Waals surface area contributed by atoms with Crippen LogP contribution in [0.5, 0.6) is 0 Å². The number of rotatable bonds is 3. The van der Waals surface area contributed by atoms with Gasteiger partial charge in [-0.1, -0.05) is 12.1 Å². The Morgan fingerprint density at radius 3 is 2.80 bits per heavy atom. The maximum Gasteiger partial charge on any atom is 0.335 e. The molecule has 5 heteroatoms. The number of carboxylic acid groups (broad SMARTS) is 1. The van der Waals surface area contributed by atoms with E-state index in [0.717, 1.165) is 36.5 Å². The third kappa shape index (κ3) is 2.53. The van der Waals surface area contributed by atoms with E-state index in [9.17, 15) is 9.90 Å². The number of benzene rings is 1. The van der Waals surface area contributed by atoms with Gasteiger partial charge in [-0.3, -0.25) is 4.90 Å². The third-order valence-corrected chi connectivity index (χ3v) is 3.56. The van der Waals surface area contributed by atoms with Crippen LogP contribution in [0.15, 0.2) is 36.7 Å². The third-order valence-electron chi connectivity index (χ3n) is 3.56. The molecule has 0 fully saturated rings. The van der Waals surface area contributed by atoms with E-state index in [-0.39, 0.29) is 0 Å². The zero-order chi connectivity index (χ0) is 13.9. The van der Waals surface area contributed by atoms with Crippen LogP contribution in [0.2, 0.25) is 0 Å². The van der Waals surface area contributed by atoms with Crippen LogP contribution < -0.4 is 0 Å². The maximum absolute atomic E-state index is 11.2. The Labute approximate surface area is 116 Å². The van der Waals surface area contributed by atoms with E-state index in [1.54, 1.807) is 24.5 Å². The van der Waals surface area contributed by atoms with Gasteiger partial charge in [0.25, 0.3) is 0 Å². The summed E-state index contributed by atoms with van der Waals surface area (Å²) in [6, 6.07) is 7.29. The van der Waals surface area contributed by atoms with Crippen molar-refractivity contribution in [2.24, 2.45) is 0 Å². The van der Waals surface area contributed by atoms with E-state index in [1.165, 1.54) is 0 Å². The molecule has 0 spiro atoms. The summed E-state index contributed by atoms with van der Waals surface area (Å²) in [4.78, 5) is 21.9. The van der Waals surface area contributed by atoms with Crippen LogP contribution in [0.3, 0.4) is 0 Å². The van der Waals surface area contributed by atoms with Crippen LogP contribution in [0.4, 0.5) is 0 Å². The van der Waals surface area contributed by atoms with Crippen LogP contribution in [0, 0.1) is 0 Å². The monoisotopic (exact) mass is 269 g/mol. The fourth-order valence-electron chi connectivity index (χ4n) is 2.61. The van der Waals surface area contributed by atoms with Crippen molar-refractivity contribution in [3.05, 3.63) is 59.2 Å². The minimum absolute atomic E-state index is 0.429. The second-order valence-corrected chi connectivity index (χ2v) is 4.87. The van der Waals surface area contributed by atoms with Crippen LogP contribution in [-0.4, -0.2) is 32.5 Å². The van der Waals surface area contributed by atoms with Crippen molar-refractivity contribution < 1.29 is 9.90 Å². The Morgan fingerprint density at radius 1 is 1.25 bits per heavy atom. The lowest BCUT2D eigenvalue weighted by Gasteiger charge is -2.28. The number of hydrogen-bond acceptors (Lipinski definition) is 4. The molecule has 2 heterocycles. The zero-order valence-corrected chi connectivity index (χ0v) is 11.0. The van der Waals surface area contributed by atoms with E-state index < -0.39 is 5.97 Å². The summed E-state index contributed by atoms with van der Waals surface area (Å²) in [7, 11) is 0. The second kappa shape index (κ2) is 5.38. The number of aromatic carboxylic acids is 1. The predicted molar refractivity (Wildman–Crippen MR) is 73.3 cm³/mol. The molecule has 3 rings (SSSR count). The topological polar surface area (TPSA) is 66.3 Å². The standard InChI is InChI=1S/C15H15N3O2/c19-15(20)13-4-1-3-11-9-18(8-5-12(11)13)10-14-16-6-2-7-17-14/h1-4,6-7H,5,8-10H2,(H,19,20). The zero-order valence-electron chi connectivity index (χ0n) is 11.0. The highest BCUT2D eigenvalue weighted by molar-refractivity contribution is 5.89. The van der Waals surface area contributed by atoms with Crippen molar-refractivity contribution >= 4 is 5.97 Å². The van der Waals surface area contributed by atoms with E-state index in [2.05, 4.69) is 14.9 Å². The molecular formula is C15H15N3O2. The molecule has 1 aromatic carbocycles. The minimum Gasteiger partial charge on any atom is -0.478 e. The molecule has 0 bridgehead atoms. The van der Waals surface area contributed by atoms with Crippen molar-refractivity contribution in [2.75, 3.05) is 6.54 Å². The van der Waals surface area contributed by atoms with Crippen molar-refractivity contribution in [2.45, 2.75) is 19.5 Å². The Morgan fingerprint density at radius 2 is 2.05 bits per heavy atom. The highest BCUT2D eigenvalue weighted by Gasteiger charge is 2.21. The van der Waals surface area contributed by atoms with Gasteiger partial charge in [0.15, 0.2) is 0 Å². The average Bonchev–Trinajstić information content (AvgIpc) is 2.47. The molecule has 1 aromatic heterocycles. The lowest BCUT2D eigenvalue weighted by Crippen LogP contribution is -2.31. The smallest absolute Gasteiger partial charge is 0.335 e. The SMILES string of the molecule is O=C(O)c1cccc2c1CCN(Cc1ncccn1)C2. The second-order valence-electron chi connectivity index (χ2n) is 4.87. The summed E-state index contributed by atoms with van der Waals surface area (Å²) in [5.74, 6) is -0.0490. The van der Waals surface area contributed by atoms with Gasteiger partial charge < -0.3 is 5.11 Å². The van der Waals surface area contributed by atoms with E-state index in [1.807, 2.05) is 12.1 Å². The van der Waals surface area contributed by atoms with Crippen molar-refractivity contribution in [1.82, 2.24) is 14.9 Å². The Kier molecular flexibility index (Phi) is 3.43. The molecule has 1 N–H and O–H groups in total. The molecule has 0 radical (unpaired) electrons.